The van der Waals surface area contributed by atoms with E-state index in [1.807, 2.05) is 42.8 Å². The largest absolute Gasteiger partial charge is 0.483 e. The van der Waals surface area contributed by atoms with E-state index in [1.54, 1.807) is 17.8 Å². The van der Waals surface area contributed by atoms with Gasteiger partial charge in [0.2, 0.25) is 0 Å². The van der Waals surface area contributed by atoms with Crippen LogP contribution in [0.5, 0.6) is 5.75 Å². The molecule has 0 unspecified atom stereocenters. The maximum Gasteiger partial charge on any atom is 0.191 e. The Bertz CT molecular complexity index is 912. The molecule has 27 heavy (non-hydrogen) atoms. The molecule has 0 aliphatic rings. The van der Waals surface area contributed by atoms with Crippen LogP contribution in [0.3, 0.4) is 0 Å². The normalized spacial score (nSPS) is 12.2. The molecule has 0 fully saturated rings. The molecule has 3 aromatic rings. The van der Waals surface area contributed by atoms with Crippen LogP contribution in [0, 0.1) is 0 Å². The minimum Gasteiger partial charge on any atom is -0.483 e. The highest BCUT2D eigenvalue weighted by atomic mass is 35.5. The van der Waals surface area contributed by atoms with Crippen LogP contribution in [0.2, 0.25) is 10.0 Å². The second kappa shape index (κ2) is 9.00. The van der Waals surface area contributed by atoms with Crippen LogP contribution in [0.15, 0.2) is 47.6 Å². The van der Waals surface area contributed by atoms with Gasteiger partial charge in [0.25, 0.3) is 0 Å². The molecule has 1 aromatic heterocycles. The number of benzene rings is 2. The Morgan fingerprint density at radius 3 is 2.52 bits per heavy atom. The van der Waals surface area contributed by atoms with Gasteiger partial charge in [0.15, 0.2) is 17.1 Å². The zero-order valence-electron chi connectivity index (χ0n) is 15.4. The first kappa shape index (κ1) is 20.1. The van der Waals surface area contributed by atoms with Gasteiger partial charge in [-0.1, -0.05) is 60.1 Å². The standard InChI is InChI=1S/C20H21Cl2N3OS/c1-4-14-5-9-17(10-6-14)26-13(2)19-23-24-20(25(19)3)27-12-15-7-8-16(21)11-18(15)22/h5-11,13H,4,12H2,1-3H3/t13-/m1/s1. The van der Waals surface area contributed by atoms with Crippen molar-refractivity contribution in [1.82, 2.24) is 14.8 Å². The second-order valence-corrected chi connectivity index (χ2v) is 7.97. The van der Waals surface area contributed by atoms with Gasteiger partial charge in [-0.2, -0.15) is 0 Å². The Kier molecular flexibility index (Phi) is 6.68. The molecule has 0 aliphatic carbocycles. The molecule has 0 radical (unpaired) electrons. The molecule has 0 saturated heterocycles. The summed E-state index contributed by atoms with van der Waals surface area (Å²) >= 11 is 13.8. The van der Waals surface area contributed by atoms with Crippen LogP contribution in [0.4, 0.5) is 0 Å². The minimum absolute atomic E-state index is 0.205. The van der Waals surface area contributed by atoms with E-state index in [1.165, 1.54) is 5.56 Å². The van der Waals surface area contributed by atoms with Crippen molar-refractivity contribution in [3.8, 4) is 5.75 Å². The van der Waals surface area contributed by atoms with Gasteiger partial charge in [0.1, 0.15) is 5.75 Å². The average molecular weight is 422 g/mol. The summed E-state index contributed by atoms with van der Waals surface area (Å²) < 4.78 is 7.98. The zero-order chi connectivity index (χ0) is 19.4. The Labute approximate surface area is 173 Å². The first-order valence-corrected chi connectivity index (χ1v) is 10.4. The molecular formula is C20H21Cl2N3OS. The minimum atomic E-state index is -0.205. The zero-order valence-corrected chi connectivity index (χ0v) is 17.8. The second-order valence-electron chi connectivity index (χ2n) is 6.18. The molecule has 7 heteroatoms. The van der Waals surface area contributed by atoms with E-state index in [-0.39, 0.29) is 6.10 Å². The lowest BCUT2D eigenvalue weighted by molar-refractivity contribution is 0.211. The third-order valence-corrected chi connectivity index (χ3v) is 5.90. The summed E-state index contributed by atoms with van der Waals surface area (Å²) in [6.07, 6.45) is 0.806. The number of rotatable bonds is 7. The van der Waals surface area contributed by atoms with E-state index >= 15 is 0 Å². The molecule has 0 aliphatic heterocycles. The molecule has 0 spiro atoms. The van der Waals surface area contributed by atoms with E-state index in [9.17, 15) is 0 Å². The Hall–Kier alpha value is -1.69. The molecule has 1 atom stereocenters. The van der Waals surface area contributed by atoms with Crippen molar-refractivity contribution in [3.63, 3.8) is 0 Å². The smallest absolute Gasteiger partial charge is 0.191 e. The molecule has 4 nitrogen and oxygen atoms in total. The van der Waals surface area contributed by atoms with Crippen molar-refractivity contribution in [1.29, 1.82) is 0 Å². The van der Waals surface area contributed by atoms with Crippen molar-refractivity contribution in [2.45, 2.75) is 37.3 Å². The van der Waals surface area contributed by atoms with Gasteiger partial charge in [-0.3, -0.25) is 0 Å². The van der Waals surface area contributed by atoms with Crippen LogP contribution in [0.25, 0.3) is 0 Å². The summed E-state index contributed by atoms with van der Waals surface area (Å²) in [4.78, 5) is 0. The number of aryl methyl sites for hydroxylation is 1. The maximum atomic E-state index is 6.24. The molecule has 0 saturated carbocycles. The molecular weight excluding hydrogens is 401 g/mol. The molecule has 0 N–H and O–H groups in total. The number of nitrogens with zero attached hydrogens (tertiary/aromatic N) is 3. The Morgan fingerprint density at radius 2 is 1.85 bits per heavy atom. The molecule has 142 valence electrons. The van der Waals surface area contributed by atoms with Crippen molar-refractivity contribution in [2.75, 3.05) is 0 Å². The van der Waals surface area contributed by atoms with Gasteiger partial charge in [0.05, 0.1) is 0 Å². The van der Waals surface area contributed by atoms with Gasteiger partial charge in [-0.05, 0) is 48.7 Å². The fourth-order valence-electron chi connectivity index (χ4n) is 2.65. The number of halogens is 2. The van der Waals surface area contributed by atoms with Crippen molar-refractivity contribution >= 4 is 35.0 Å². The van der Waals surface area contributed by atoms with Gasteiger partial charge in [0, 0.05) is 22.8 Å². The number of thioether (sulfide) groups is 1. The van der Waals surface area contributed by atoms with Gasteiger partial charge in [-0.15, -0.1) is 10.2 Å². The maximum absolute atomic E-state index is 6.24. The van der Waals surface area contributed by atoms with E-state index < -0.39 is 0 Å². The lowest BCUT2D eigenvalue weighted by Gasteiger charge is -2.14. The highest BCUT2D eigenvalue weighted by Crippen LogP contribution is 2.29. The summed E-state index contributed by atoms with van der Waals surface area (Å²) in [7, 11) is 1.95. The van der Waals surface area contributed by atoms with Crippen molar-refractivity contribution in [2.24, 2.45) is 7.05 Å². The summed E-state index contributed by atoms with van der Waals surface area (Å²) in [5, 5.41) is 10.7. The summed E-state index contributed by atoms with van der Waals surface area (Å²) in [6, 6.07) is 13.7. The third kappa shape index (κ3) is 4.98. The van der Waals surface area contributed by atoms with Gasteiger partial charge in [-0.25, -0.2) is 0 Å². The van der Waals surface area contributed by atoms with E-state index in [0.29, 0.717) is 15.8 Å². The van der Waals surface area contributed by atoms with Crippen molar-refractivity contribution < 1.29 is 4.74 Å². The van der Waals surface area contributed by atoms with E-state index in [4.69, 9.17) is 27.9 Å². The molecule has 0 bridgehead atoms. The van der Waals surface area contributed by atoms with E-state index in [0.717, 1.165) is 28.7 Å². The molecule has 0 amide bonds. The molecule has 2 aromatic carbocycles. The lowest BCUT2D eigenvalue weighted by Crippen LogP contribution is -2.10. The van der Waals surface area contributed by atoms with Crippen LogP contribution < -0.4 is 4.74 Å². The van der Waals surface area contributed by atoms with Crippen LogP contribution in [0.1, 0.15) is 36.9 Å². The van der Waals surface area contributed by atoms with Crippen LogP contribution >= 0.6 is 35.0 Å². The molecule has 1 heterocycles. The highest BCUT2D eigenvalue weighted by molar-refractivity contribution is 7.98. The average Bonchev–Trinajstić information content (AvgIpc) is 3.02. The van der Waals surface area contributed by atoms with Crippen LogP contribution in [-0.2, 0) is 19.2 Å². The topological polar surface area (TPSA) is 39.9 Å². The number of hydrogen-bond donors (Lipinski definition) is 0. The predicted octanol–water partition coefficient (Wildman–Crippen LogP) is 6.12. The van der Waals surface area contributed by atoms with Crippen LogP contribution in [-0.4, -0.2) is 14.8 Å². The fourth-order valence-corrected chi connectivity index (χ4v) is 4.12. The number of ether oxygens (including phenoxy) is 1. The lowest BCUT2D eigenvalue weighted by atomic mass is 10.2. The fraction of sp³-hybridized carbons (Fsp3) is 0.300. The summed E-state index contributed by atoms with van der Waals surface area (Å²) in [5.74, 6) is 2.29. The quantitative estimate of drug-likeness (QED) is 0.431. The molecule has 3 rings (SSSR count). The van der Waals surface area contributed by atoms with E-state index in [2.05, 4.69) is 29.3 Å². The number of hydrogen-bond acceptors (Lipinski definition) is 4. The first-order chi connectivity index (χ1) is 13.0. The Morgan fingerprint density at radius 1 is 1.11 bits per heavy atom. The summed E-state index contributed by atoms with van der Waals surface area (Å²) in [5.41, 5.74) is 2.30. The van der Waals surface area contributed by atoms with Crippen molar-refractivity contribution in [3.05, 3.63) is 69.5 Å². The third-order valence-electron chi connectivity index (χ3n) is 4.25. The number of aromatic nitrogens is 3. The highest BCUT2D eigenvalue weighted by Gasteiger charge is 2.17. The monoisotopic (exact) mass is 421 g/mol. The summed E-state index contributed by atoms with van der Waals surface area (Å²) in [6.45, 7) is 4.11. The SMILES string of the molecule is CCc1ccc(O[C@H](C)c2nnc(SCc3ccc(Cl)cc3Cl)n2C)cc1. The van der Waals surface area contributed by atoms with Gasteiger partial charge >= 0.3 is 0 Å². The Balaban J connectivity index is 1.66. The predicted molar refractivity (Wildman–Crippen MR) is 112 cm³/mol. The van der Waals surface area contributed by atoms with Gasteiger partial charge < -0.3 is 9.30 Å². The first-order valence-electron chi connectivity index (χ1n) is 8.69.